The molecular formula is C13H14N4OS. The van der Waals surface area contributed by atoms with Crippen LogP contribution >= 0.6 is 11.8 Å². The quantitative estimate of drug-likeness (QED) is 0.799. The molecule has 1 aliphatic rings. The second-order valence-electron chi connectivity index (χ2n) is 4.23. The van der Waals surface area contributed by atoms with Gasteiger partial charge in [-0.15, -0.1) is 0 Å². The highest BCUT2D eigenvalue weighted by Crippen LogP contribution is 2.35. The van der Waals surface area contributed by atoms with Crippen LogP contribution in [0.25, 0.3) is 0 Å². The van der Waals surface area contributed by atoms with Gasteiger partial charge in [-0.25, -0.2) is 4.98 Å². The number of carbonyl (C=O) groups is 1. The number of nitrogens with one attached hydrogen (secondary N) is 3. The van der Waals surface area contributed by atoms with Crippen LogP contribution in [0.2, 0.25) is 0 Å². The van der Waals surface area contributed by atoms with Gasteiger partial charge in [-0.2, -0.15) is 0 Å². The van der Waals surface area contributed by atoms with E-state index in [1.807, 2.05) is 25.1 Å². The number of imidazole rings is 1. The van der Waals surface area contributed by atoms with Crippen molar-refractivity contribution in [1.29, 1.82) is 0 Å². The predicted molar refractivity (Wildman–Crippen MR) is 74.2 cm³/mol. The second-order valence-corrected chi connectivity index (χ2v) is 5.29. The summed E-state index contributed by atoms with van der Waals surface area (Å²) >= 11 is 1.54. The minimum atomic E-state index is -0.234. The molecule has 2 aromatic rings. The first-order valence-electron chi connectivity index (χ1n) is 6.13. The van der Waals surface area contributed by atoms with E-state index in [-0.39, 0.29) is 11.9 Å². The van der Waals surface area contributed by atoms with Crippen molar-refractivity contribution in [2.45, 2.75) is 23.0 Å². The Kier molecular flexibility index (Phi) is 3.27. The van der Waals surface area contributed by atoms with E-state index in [1.54, 1.807) is 12.4 Å². The highest BCUT2D eigenvalue weighted by atomic mass is 32.2. The van der Waals surface area contributed by atoms with Crippen LogP contribution in [-0.2, 0) is 4.79 Å². The third-order valence-electron chi connectivity index (χ3n) is 2.95. The van der Waals surface area contributed by atoms with Gasteiger partial charge in [0.2, 0.25) is 5.91 Å². The lowest BCUT2D eigenvalue weighted by Gasteiger charge is -2.09. The number of amides is 1. The van der Waals surface area contributed by atoms with E-state index in [1.165, 1.54) is 11.8 Å². The Morgan fingerprint density at radius 1 is 1.47 bits per heavy atom. The monoisotopic (exact) mass is 274 g/mol. The first kappa shape index (κ1) is 12.3. The molecule has 0 fully saturated rings. The van der Waals surface area contributed by atoms with E-state index in [0.717, 1.165) is 27.8 Å². The molecule has 1 amide bonds. The van der Waals surface area contributed by atoms with Crippen LogP contribution in [0.3, 0.4) is 0 Å². The minimum absolute atomic E-state index is 0.0111. The summed E-state index contributed by atoms with van der Waals surface area (Å²) in [6.45, 7) is 2.76. The molecule has 0 saturated carbocycles. The molecule has 0 spiro atoms. The summed E-state index contributed by atoms with van der Waals surface area (Å²) in [5.41, 5.74) is 1.89. The number of anilines is 1. The normalized spacial score (nSPS) is 17.3. The number of aromatic nitrogens is 2. The Balaban J connectivity index is 1.85. The zero-order valence-corrected chi connectivity index (χ0v) is 11.3. The number of hydrogen-bond acceptors (Lipinski definition) is 4. The maximum atomic E-state index is 11.9. The standard InChI is InChI=1S/C13H14N4OS/c1-2-14-11-9-4-3-8(7-10(9)17-12(11)18)19-13-15-5-6-16-13/h3-7,11,14H,2H2,1H3,(H,15,16)(H,17,18). The van der Waals surface area contributed by atoms with Crippen LogP contribution in [0.5, 0.6) is 0 Å². The van der Waals surface area contributed by atoms with Crippen molar-refractivity contribution in [3.63, 3.8) is 0 Å². The molecule has 0 saturated heterocycles. The largest absolute Gasteiger partial charge is 0.339 e. The van der Waals surface area contributed by atoms with Crippen LogP contribution in [0.4, 0.5) is 5.69 Å². The SMILES string of the molecule is CCNC1C(=O)Nc2cc(Sc3ncc[nH]3)ccc21. The van der Waals surface area contributed by atoms with Crippen LogP contribution in [0.15, 0.2) is 40.6 Å². The Hall–Kier alpha value is -1.79. The summed E-state index contributed by atoms with van der Waals surface area (Å²) in [4.78, 5) is 20.1. The molecule has 6 heteroatoms. The van der Waals surface area contributed by atoms with E-state index in [0.29, 0.717) is 0 Å². The van der Waals surface area contributed by atoms with Gasteiger partial charge in [-0.1, -0.05) is 24.8 Å². The van der Waals surface area contributed by atoms with E-state index in [4.69, 9.17) is 0 Å². The fourth-order valence-electron chi connectivity index (χ4n) is 2.13. The Labute approximate surface area is 115 Å². The lowest BCUT2D eigenvalue weighted by Crippen LogP contribution is -2.27. The molecule has 0 bridgehead atoms. The number of aromatic amines is 1. The summed E-state index contributed by atoms with van der Waals surface area (Å²) in [6.07, 6.45) is 3.51. The molecule has 0 radical (unpaired) electrons. The first-order valence-corrected chi connectivity index (χ1v) is 6.95. The van der Waals surface area contributed by atoms with E-state index in [9.17, 15) is 4.79 Å². The summed E-state index contributed by atoms with van der Waals surface area (Å²) in [5.74, 6) is 0.0111. The first-order chi connectivity index (χ1) is 9.28. The van der Waals surface area contributed by atoms with Crippen molar-refractivity contribution in [2.24, 2.45) is 0 Å². The van der Waals surface area contributed by atoms with Crippen molar-refractivity contribution in [3.8, 4) is 0 Å². The predicted octanol–water partition coefficient (Wildman–Crippen LogP) is 2.16. The smallest absolute Gasteiger partial charge is 0.246 e. The van der Waals surface area contributed by atoms with Gasteiger partial charge in [0.1, 0.15) is 6.04 Å². The van der Waals surface area contributed by atoms with Crippen LogP contribution in [0.1, 0.15) is 18.5 Å². The second kappa shape index (κ2) is 5.07. The molecule has 2 heterocycles. The van der Waals surface area contributed by atoms with E-state index >= 15 is 0 Å². The van der Waals surface area contributed by atoms with Gasteiger partial charge >= 0.3 is 0 Å². The summed E-state index contributed by atoms with van der Waals surface area (Å²) < 4.78 is 0. The number of hydrogen-bond donors (Lipinski definition) is 3. The average Bonchev–Trinajstić information content (AvgIpc) is 2.99. The Morgan fingerprint density at radius 2 is 2.37 bits per heavy atom. The van der Waals surface area contributed by atoms with Crippen molar-refractivity contribution >= 4 is 23.4 Å². The highest BCUT2D eigenvalue weighted by Gasteiger charge is 2.29. The van der Waals surface area contributed by atoms with Crippen LogP contribution in [0, 0.1) is 0 Å². The van der Waals surface area contributed by atoms with E-state index < -0.39 is 0 Å². The topological polar surface area (TPSA) is 69.8 Å². The van der Waals surface area contributed by atoms with Crippen molar-refractivity contribution in [2.75, 3.05) is 11.9 Å². The summed E-state index contributed by atoms with van der Waals surface area (Å²) in [7, 11) is 0. The lowest BCUT2D eigenvalue weighted by molar-refractivity contribution is -0.117. The van der Waals surface area contributed by atoms with E-state index in [2.05, 4.69) is 20.6 Å². The van der Waals surface area contributed by atoms with Gasteiger partial charge in [0.25, 0.3) is 0 Å². The number of H-pyrrole nitrogens is 1. The number of benzene rings is 1. The van der Waals surface area contributed by atoms with Crippen molar-refractivity contribution in [1.82, 2.24) is 15.3 Å². The van der Waals surface area contributed by atoms with Gasteiger partial charge < -0.3 is 15.6 Å². The van der Waals surface area contributed by atoms with Gasteiger partial charge in [0.05, 0.1) is 0 Å². The van der Waals surface area contributed by atoms with Crippen molar-refractivity contribution in [3.05, 3.63) is 36.2 Å². The number of nitrogens with zero attached hydrogens (tertiary/aromatic N) is 1. The third-order valence-corrected chi connectivity index (χ3v) is 3.86. The van der Waals surface area contributed by atoms with Gasteiger partial charge in [0.15, 0.2) is 5.16 Å². The molecule has 1 aromatic heterocycles. The molecule has 5 nitrogen and oxygen atoms in total. The molecule has 1 atom stereocenters. The number of rotatable bonds is 4. The highest BCUT2D eigenvalue weighted by molar-refractivity contribution is 7.99. The van der Waals surface area contributed by atoms with Crippen molar-refractivity contribution < 1.29 is 4.79 Å². The zero-order valence-electron chi connectivity index (χ0n) is 10.4. The molecule has 3 N–H and O–H groups in total. The molecule has 19 heavy (non-hydrogen) atoms. The summed E-state index contributed by atoms with van der Waals surface area (Å²) in [6, 6.07) is 5.75. The molecular weight excluding hydrogens is 260 g/mol. The maximum absolute atomic E-state index is 11.9. The Bertz CT molecular complexity index is 597. The van der Waals surface area contributed by atoms with Crippen LogP contribution in [-0.4, -0.2) is 22.4 Å². The zero-order chi connectivity index (χ0) is 13.2. The fourth-order valence-corrected chi connectivity index (χ4v) is 2.91. The maximum Gasteiger partial charge on any atom is 0.246 e. The molecule has 1 aromatic carbocycles. The number of carbonyl (C=O) groups excluding carboxylic acids is 1. The molecule has 3 rings (SSSR count). The minimum Gasteiger partial charge on any atom is -0.339 e. The summed E-state index contributed by atoms with van der Waals surface area (Å²) in [5, 5.41) is 6.93. The molecule has 1 aliphatic heterocycles. The molecule has 98 valence electrons. The fraction of sp³-hybridized carbons (Fsp3) is 0.231. The molecule has 0 aliphatic carbocycles. The average molecular weight is 274 g/mol. The number of likely N-dealkylation sites (N-methyl/N-ethyl adjacent to an activating group) is 1. The Morgan fingerprint density at radius 3 is 3.11 bits per heavy atom. The van der Waals surface area contributed by atoms with Crippen LogP contribution < -0.4 is 10.6 Å². The van der Waals surface area contributed by atoms with Gasteiger partial charge in [-0.3, -0.25) is 4.79 Å². The lowest BCUT2D eigenvalue weighted by atomic mass is 10.1. The number of fused-ring (bicyclic) bond motifs is 1. The molecule has 1 unspecified atom stereocenters. The van der Waals surface area contributed by atoms with Gasteiger partial charge in [-0.05, 0) is 18.7 Å². The van der Waals surface area contributed by atoms with Gasteiger partial charge in [0, 0.05) is 28.5 Å². The third kappa shape index (κ3) is 2.36.